The number of amides is 2. The summed E-state index contributed by atoms with van der Waals surface area (Å²) in [5.74, 6) is 0.572. The summed E-state index contributed by atoms with van der Waals surface area (Å²) in [4.78, 5) is 26.6. The monoisotopic (exact) mass is 382 g/mol. The minimum Gasteiger partial charge on any atom is -0.326 e. The van der Waals surface area contributed by atoms with E-state index >= 15 is 0 Å². The van der Waals surface area contributed by atoms with E-state index in [-0.39, 0.29) is 22.6 Å². The van der Waals surface area contributed by atoms with Crippen LogP contribution < -0.4 is 10.2 Å². The molecule has 0 aliphatic carbocycles. The topological polar surface area (TPSA) is 49.4 Å². The van der Waals surface area contributed by atoms with Crippen LogP contribution in [0.1, 0.15) is 43.7 Å². The molecule has 0 aromatic heterocycles. The molecule has 142 valence electrons. The molecule has 27 heavy (non-hydrogen) atoms. The Labute approximate surface area is 165 Å². The quantitative estimate of drug-likeness (QED) is 0.796. The molecule has 1 heterocycles. The second-order valence-electron chi connectivity index (χ2n) is 8.18. The molecule has 1 aliphatic heterocycles. The van der Waals surface area contributed by atoms with Crippen LogP contribution in [0.3, 0.4) is 0 Å². The van der Waals surface area contributed by atoms with Gasteiger partial charge in [0.25, 0.3) is 0 Å². The van der Waals surface area contributed by atoms with E-state index in [1.165, 1.54) is 0 Å². The van der Waals surface area contributed by atoms with Gasteiger partial charge >= 0.3 is 0 Å². The van der Waals surface area contributed by atoms with E-state index in [9.17, 15) is 9.59 Å². The first-order chi connectivity index (χ1) is 12.7. The van der Waals surface area contributed by atoms with E-state index in [2.05, 4.69) is 5.32 Å². The van der Waals surface area contributed by atoms with Crippen molar-refractivity contribution in [3.8, 4) is 0 Å². The van der Waals surface area contributed by atoms with Gasteiger partial charge in [-0.25, -0.2) is 0 Å². The van der Waals surface area contributed by atoms with Crippen molar-refractivity contribution >= 4 is 35.0 Å². The second kappa shape index (κ2) is 7.77. The third-order valence-corrected chi connectivity index (χ3v) is 5.51. The second-order valence-corrected chi connectivity index (χ2v) is 9.25. The number of nitrogens with zero attached hydrogens (tertiary/aromatic N) is 1. The number of carbonyl (C=O) groups excluding carboxylic acids is 2. The lowest BCUT2D eigenvalue weighted by molar-refractivity contribution is -0.118. The van der Waals surface area contributed by atoms with E-state index < -0.39 is 0 Å². The van der Waals surface area contributed by atoms with Crippen molar-refractivity contribution in [1.82, 2.24) is 0 Å². The molecule has 2 aromatic rings. The maximum absolute atomic E-state index is 12.5. The van der Waals surface area contributed by atoms with Crippen molar-refractivity contribution in [3.63, 3.8) is 0 Å². The maximum atomic E-state index is 12.5. The molecule has 1 fully saturated rings. The van der Waals surface area contributed by atoms with Crippen LogP contribution in [0.25, 0.3) is 0 Å². The zero-order valence-electron chi connectivity index (χ0n) is 16.3. The number of thioether (sulfide) groups is 1. The lowest BCUT2D eigenvalue weighted by Gasteiger charge is -2.25. The summed E-state index contributed by atoms with van der Waals surface area (Å²) in [5.41, 5.74) is 3.76. The molecule has 4 nitrogen and oxygen atoms in total. The summed E-state index contributed by atoms with van der Waals surface area (Å²) >= 11 is 1.61. The van der Waals surface area contributed by atoms with Gasteiger partial charge in [-0.3, -0.25) is 14.5 Å². The summed E-state index contributed by atoms with van der Waals surface area (Å²) in [7, 11) is 0. The Morgan fingerprint density at radius 3 is 2.63 bits per heavy atom. The number of carbonyl (C=O) groups is 2. The van der Waals surface area contributed by atoms with E-state index in [0.717, 1.165) is 22.5 Å². The maximum Gasteiger partial charge on any atom is 0.238 e. The normalized spacial score (nSPS) is 17.3. The lowest BCUT2D eigenvalue weighted by atomic mass is 9.92. The molecule has 1 atom stereocenters. The summed E-state index contributed by atoms with van der Waals surface area (Å²) in [6.07, 6.45) is 0.462. The fraction of sp³-hybridized carbons (Fsp3) is 0.364. The molecule has 5 heteroatoms. The molecular formula is C22H26N2O2S. The average molecular weight is 383 g/mol. The van der Waals surface area contributed by atoms with Gasteiger partial charge in [0.05, 0.1) is 5.75 Å². The zero-order valence-corrected chi connectivity index (χ0v) is 17.1. The molecule has 2 aromatic carbocycles. The molecule has 0 radical (unpaired) electrons. The smallest absolute Gasteiger partial charge is 0.238 e. The molecule has 1 N–H and O–H groups in total. The van der Waals surface area contributed by atoms with Crippen molar-refractivity contribution in [2.24, 2.45) is 5.41 Å². The molecule has 2 amide bonds. The first kappa shape index (κ1) is 19.5. The van der Waals surface area contributed by atoms with E-state index in [1.807, 2.05) is 81.1 Å². The van der Waals surface area contributed by atoms with Crippen LogP contribution in [-0.2, 0) is 9.59 Å². The van der Waals surface area contributed by atoms with Gasteiger partial charge in [0.15, 0.2) is 0 Å². The van der Waals surface area contributed by atoms with Gasteiger partial charge < -0.3 is 5.32 Å². The molecule has 0 saturated carbocycles. The summed E-state index contributed by atoms with van der Waals surface area (Å²) < 4.78 is 0. The SMILES string of the molecule is Cc1cccc(N2C(=O)CSC2c2cccc(NC(=O)CC(C)(C)C)c2)c1. The Morgan fingerprint density at radius 2 is 1.93 bits per heavy atom. The van der Waals surface area contributed by atoms with Crippen molar-refractivity contribution < 1.29 is 9.59 Å². The Bertz CT molecular complexity index is 857. The van der Waals surface area contributed by atoms with Crippen LogP contribution >= 0.6 is 11.8 Å². The minimum absolute atomic E-state index is 0.00495. The van der Waals surface area contributed by atoms with Crippen molar-refractivity contribution in [2.45, 2.75) is 39.5 Å². The average Bonchev–Trinajstić information content (AvgIpc) is 2.95. The number of hydrogen-bond acceptors (Lipinski definition) is 3. The molecule has 3 rings (SSSR count). The van der Waals surface area contributed by atoms with Gasteiger partial charge in [0.1, 0.15) is 5.37 Å². The van der Waals surface area contributed by atoms with Crippen molar-refractivity contribution in [1.29, 1.82) is 0 Å². The molecule has 0 bridgehead atoms. The summed E-state index contributed by atoms with van der Waals surface area (Å²) in [6, 6.07) is 15.8. The highest BCUT2D eigenvalue weighted by molar-refractivity contribution is 8.00. The Hall–Kier alpha value is -2.27. The number of nitrogens with one attached hydrogen (secondary N) is 1. The summed E-state index contributed by atoms with van der Waals surface area (Å²) in [6.45, 7) is 8.16. The molecule has 1 saturated heterocycles. The molecular weight excluding hydrogens is 356 g/mol. The van der Waals surface area contributed by atoms with Gasteiger partial charge in [-0.05, 0) is 47.7 Å². The minimum atomic E-state index is -0.0845. The standard InChI is InChI=1S/C22H26N2O2S/c1-15-7-5-10-18(11-15)24-20(26)14-27-21(24)16-8-6-9-17(12-16)23-19(25)13-22(2,3)4/h5-12,21H,13-14H2,1-4H3,(H,23,25). The van der Waals surface area contributed by atoms with Gasteiger partial charge in [-0.1, -0.05) is 45.0 Å². The number of aryl methyl sites for hydroxylation is 1. The van der Waals surface area contributed by atoms with Gasteiger partial charge in [-0.15, -0.1) is 11.8 Å². The Balaban J connectivity index is 1.83. The first-order valence-corrected chi connectivity index (χ1v) is 10.2. The van der Waals surface area contributed by atoms with Crippen LogP contribution in [0.5, 0.6) is 0 Å². The van der Waals surface area contributed by atoms with Gasteiger partial charge in [-0.2, -0.15) is 0 Å². The lowest BCUT2D eigenvalue weighted by Crippen LogP contribution is -2.28. The van der Waals surface area contributed by atoms with E-state index in [4.69, 9.17) is 0 Å². The molecule has 0 spiro atoms. The van der Waals surface area contributed by atoms with Gasteiger partial charge in [0, 0.05) is 17.8 Å². The van der Waals surface area contributed by atoms with Crippen molar-refractivity contribution in [3.05, 3.63) is 59.7 Å². The zero-order chi connectivity index (χ0) is 19.6. The highest BCUT2D eigenvalue weighted by atomic mass is 32.2. The summed E-state index contributed by atoms with van der Waals surface area (Å²) in [5, 5.41) is 2.90. The molecule has 1 aliphatic rings. The predicted octanol–water partition coefficient (Wildman–Crippen LogP) is 5.15. The van der Waals surface area contributed by atoms with Crippen LogP contribution in [0, 0.1) is 12.3 Å². The van der Waals surface area contributed by atoms with E-state index in [1.54, 1.807) is 11.8 Å². The highest BCUT2D eigenvalue weighted by Gasteiger charge is 2.34. The van der Waals surface area contributed by atoms with Crippen LogP contribution in [-0.4, -0.2) is 17.6 Å². The largest absolute Gasteiger partial charge is 0.326 e. The fourth-order valence-corrected chi connectivity index (χ4v) is 4.35. The molecule has 1 unspecified atom stereocenters. The van der Waals surface area contributed by atoms with Crippen LogP contribution in [0.2, 0.25) is 0 Å². The fourth-order valence-electron chi connectivity index (χ4n) is 3.18. The van der Waals surface area contributed by atoms with Crippen molar-refractivity contribution in [2.75, 3.05) is 16.0 Å². The van der Waals surface area contributed by atoms with E-state index in [0.29, 0.717) is 12.2 Å². The highest BCUT2D eigenvalue weighted by Crippen LogP contribution is 2.42. The third kappa shape index (κ3) is 4.92. The number of anilines is 2. The Morgan fingerprint density at radius 1 is 1.19 bits per heavy atom. The van der Waals surface area contributed by atoms with Crippen LogP contribution in [0.4, 0.5) is 11.4 Å². The predicted molar refractivity (Wildman–Crippen MR) is 113 cm³/mol. The van der Waals surface area contributed by atoms with Crippen LogP contribution in [0.15, 0.2) is 48.5 Å². The number of benzene rings is 2. The van der Waals surface area contributed by atoms with Gasteiger partial charge in [0.2, 0.25) is 11.8 Å². The first-order valence-electron chi connectivity index (χ1n) is 9.13. The third-order valence-electron chi connectivity index (χ3n) is 4.29. The number of rotatable bonds is 4. The number of hydrogen-bond donors (Lipinski definition) is 1. The Kier molecular flexibility index (Phi) is 5.61.